The SMILES string of the molecule is N#CCCNC(=O)C(Cc1ccc(C#Cc2ccc(CN3CCOCC3)cc2)cc1)c1nc[nH]c(=O)c1O. The fourth-order valence-corrected chi connectivity index (χ4v) is 4.15. The number of morpholine rings is 1. The maximum Gasteiger partial charge on any atom is 0.293 e. The molecule has 0 saturated carbocycles. The lowest BCUT2D eigenvalue weighted by molar-refractivity contribution is -0.122. The highest BCUT2D eigenvalue weighted by Crippen LogP contribution is 2.24. The van der Waals surface area contributed by atoms with Gasteiger partial charge in [-0.25, -0.2) is 4.98 Å². The highest BCUT2D eigenvalue weighted by atomic mass is 16.5. The number of aromatic nitrogens is 2. The van der Waals surface area contributed by atoms with Crippen LogP contribution in [0.25, 0.3) is 0 Å². The first-order valence-electron chi connectivity index (χ1n) is 12.4. The van der Waals surface area contributed by atoms with Gasteiger partial charge >= 0.3 is 0 Å². The average molecular weight is 512 g/mol. The van der Waals surface area contributed by atoms with E-state index in [-0.39, 0.29) is 25.1 Å². The lowest BCUT2D eigenvalue weighted by atomic mass is 9.94. The molecule has 9 heteroatoms. The molecule has 0 radical (unpaired) electrons. The Balaban J connectivity index is 1.43. The van der Waals surface area contributed by atoms with Gasteiger partial charge in [0.1, 0.15) is 5.69 Å². The second-order valence-electron chi connectivity index (χ2n) is 8.95. The van der Waals surface area contributed by atoms with Gasteiger partial charge in [-0.3, -0.25) is 14.5 Å². The molecule has 3 aromatic rings. The predicted molar refractivity (Wildman–Crippen MR) is 141 cm³/mol. The molecule has 1 amide bonds. The monoisotopic (exact) mass is 511 g/mol. The zero-order chi connectivity index (χ0) is 26.7. The lowest BCUT2D eigenvalue weighted by Gasteiger charge is -2.26. The van der Waals surface area contributed by atoms with Gasteiger partial charge < -0.3 is 20.1 Å². The highest BCUT2D eigenvalue weighted by molar-refractivity contribution is 5.84. The number of hydrogen-bond acceptors (Lipinski definition) is 7. The number of benzene rings is 2. The summed E-state index contributed by atoms with van der Waals surface area (Å²) < 4.78 is 5.40. The van der Waals surface area contributed by atoms with E-state index in [1.54, 1.807) is 0 Å². The van der Waals surface area contributed by atoms with Crippen LogP contribution in [-0.2, 0) is 22.5 Å². The molecule has 1 atom stereocenters. The molecule has 4 rings (SSSR count). The minimum Gasteiger partial charge on any atom is -0.502 e. The molecule has 1 fully saturated rings. The van der Waals surface area contributed by atoms with Crippen LogP contribution >= 0.6 is 0 Å². The fourth-order valence-electron chi connectivity index (χ4n) is 4.15. The summed E-state index contributed by atoms with van der Waals surface area (Å²) in [5.74, 6) is 4.43. The average Bonchev–Trinajstić information content (AvgIpc) is 2.94. The first-order chi connectivity index (χ1) is 18.5. The molecule has 1 saturated heterocycles. The van der Waals surface area contributed by atoms with E-state index in [9.17, 15) is 14.7 Å². The molecule has 2 heterocycles. The molecular formula is C29H29N5O4. The lowest BCUT2D eigenvalue weighted by Crippen LogP contribution is -2.35. The van der Waals surface area contributed by atoms with Crippen LogP contribution < -0.4 is 10.9 Å². The number of nitrogens with zero attached hydrogens (tertiary/aromatic N) is 3. The van der Waals surface area contributed by atoms with E-state index in [1.807, 2.05) is 42.5 Å². The van der Waals surface area contributed by atoms with Crippen LogP contribution in [0.3, 0.4) is 0 Å². The van der Waals surface area contributed by atoms with E-state index in [4.69, 9.17) is 10.00 Å². The van der Waals surface area contributed by atoms with E-state index in [0.29, 0.717) is 0 Å². The summed E-state index contributed by atoms with van der Waals surface area (Å²) in [7, 11) is 0. The van der Waals surface area contributed by atoms with Crippen molar-refractivity contribution in [3.8, 4) is 23.7 Å². The number of aromatic hydroxyl groups is 1. The van der Waals surface area contributed by atoms with Crippen LogP contribution in [0.4, 0.5) is 0 Å². The number of ether oxygens (including phenoxy) is 1. The van der Waals surface area contributed by atoms with Crippen molar-refractivity contribution in [2.75, 3.05) is 32.8 Å². The molecule has 3 N–H and O–H groups in total. The maximum atomic E-state index is 12.8. The topological polar surface area (TPSA) is 131 Å². The Morgan fingerprint density at radius 3 is 2.34 bits per heavy atom. The third-order valence-corrected chi connectivity index (χ3v) is 6.25. The number of aromatic amines is 1. The molecule has 9 nitrogen and oxygen atoms in total. The minimum absolute atomic E-state index is 0.0101. The molecule has 1 aliphatic rings. The number of rotatable bonds is 8. The first kappa shape index (κ1) is 26.6. The Morgan fingerprint density at radius 2 is 1.71 bits per heavy atom. The molecule has 0 spiro atoms. The van der Waals surface area contributed by atoms with Gasteiger partial charge in [-0.1, -0.05) is 36.1 Å². The second kappa shape index (κ2) is 13.2. The van der Waals surface area contributed by atoms with Crippen molar-refractivity contribution in [1.29, 1.82) is 5.26 Å². The van der Waals surface area contributed by atoms with E-state index in [2.05, 4.69) is 44.2 Å². The number of H-pyrrole nitrogens is 1. The molecule has 0 bridgehead atoms. The van der Waals surface area contributed by atoms with Crippen LogP contribution in [0.1, 0.15) is 40.3 Å². The summed E-state index contributed by atoms with van der Waals surface area (Å²) in [4.78, 5) is 33.4. The number of nitrogens with one attached hydrogen (secondary N) is 2. The zero-order valence-electron chi connectivity index (χ0n) is 20.9. The molecule has 0 aliphatic carbocycles. The van der Waals surface area contributed by atoms with Crippen molar-refractivity contribution in [3.63, 3.8) is 0 Å². The van der Waals surface area contributed by atoms with Crippen LogP contribution in [0.2, 0.25) is 0 Å². The second-order valence-corrected chi connectivity index (χ2v) is 8.95. The highest BCUT2D eigenvalue weighted by Gasteiger charge is 2.26. The molecule has 194 valence electrons. The minimum atomic E-state index is -0.899. The Kier molecular flexibility index (Phi) is 9.25. The van der Waals surface area contributed by atoms with Crippen molar-refractivity contribution in [2.45, 2.75) is 25.3 Å². The van der Waals surface area contributed by atoms with Gasteiger partial charge in [-0.15, -0.1) is 0 Å². The number of carbonyl (C=O) groups is 1. The zero-order valence-corrected chi connectivity index (χ0v) is 20.9. The summed E-state index contributed by atoms with van der Waals surface area (Å²) in [5.41, 5.74) is 3.07. The Hall–Kier alpha value is -4.44. The smallest absolute Gasteiger partial charge is 0.293 e. The van der Waals surface area contributed by atoms with Gasteiger partial charge in [-0.2, -0.15) is 5.26 Å². The Labute approximate surface area is 221 Å². The van der Waals surface area contributed by atoms with Crippen LogP contribution in [0.5, 0.6) is 5.75 Å². The largest absolute Gasteiger partial charge is 0.502 e. The summed E-state index contributed by atoms with van der Waals surface area (Å²) in [6, 6.07) is 17.7. The summed E-state index contributed by atoms with van der Waals surface area (Å²) >= 11 is 0. The van der Waals surface area contributed by atoms with E-state index < -0.39 is 23.1 Å². The van der Waals surface area contributed by atoms with Gasteiger partial charge in [0.15, 0.2) is 0 Å². The van der Waals surface area contributed by atoms with E-state index >= 15 is 0 Å². The van der Waals surface area contributed by atoms with Crippen LogP contribution in [0, 0.1) is 23.2 Å². The summed E-state index contributed by atoms with van der Waals surface area (Å²) in [6.07, 6.45) is 1.51. The first-order valence-corrected chi connectivity index (χ1v) is 12.4. The Morgan fingerprint density at radius 1 is 1.08 bits per heavy atom. The summed E-state index contributed by atoms with van der Waals surface area (Å²) in [5, 5.41) is 21.6. The molecule has 1 aliphatic heterocycles. The number of hydrogen-bond donors (Lipinski definition) is 3. The number of nitriles is 1. The predicted octanol–water partition coefficient (Wildman–Crippen LogP) is 2.06. The van der Waals surface area contributed by atoms with Crippen molar-refractivity contribution < 1.29 is 14.6 Å². The van der Waals surface area contributed by atoms with Gasteiger partial charge in [0.05, 0.1) is 37.9 Å². The normalized spacial score (nSPS) is 14.1. The summed E-state index contributed by atoms with van der Waals surface area (Å²) in [6.45, 7) is 4.53. The van der Waals surface area contributed by atoms with Crippen molar-refractivity contribution in [3.05, 3.63) is 93.2 Å². The van der Waals surface area contributed by atoms with Crippen molar-refractivity contribution in [1.82, 2.24) is 20.2 Å². The van der Waals surface area contributed by atoms with E-state index in [1.165, 1.54) is 5.56 Å². The number of carbonyl (C=O) groups excluding carboxylic acids is 1. The third kappa shape index (κ3) is 7.30. The van der Waals surface area contributed by atoms with E-state index in [0.717, 1.165) is 55.9 Å². The van der Waals surface area contributed by atoms with Crippen molar-refractivity contribution >= 4 is 5.91 Å². The van der Waals surface area contributed by atoms with Crippen LogP contribution in [-0.4, -0.2) is 58.7 Å². The maximum absolute atomic E-state index is 12.8. The van der Waals surface area contributed by atoms with Crippen molar-refractivity contribution in [2.24, 2.45) is 0 Å². The van der Waals surface area contributed by atoms with Gasteiger partial charge in [0.25, 0.3) is 5.56 Å². The standard InChI is InChI=1S/C29H29N5O4/c30-12-1-13-31-28(36)25(26-27(35)29(37)33-20-32-26)18-23-8-4-21(5-9-23)2-3-22-6-10-24(11-7-22)19-34-14-16-38-17-15-34/h4-11,20,25,35H,1,13-19H2,(H,31,36)(H,32,33,37). The molecule has 1 aromatic heterocycles. The van der Waals surface area contributed by atoms with Gasteiger partial charge in [-0.05, 0) is 41.8 Å². The molecule has 2 aromatic carbocycles. The number of amides is 1. The fraction of sp³-hybridized carbons (Fsp3) is 0.310. The Bertz CT molecular complexity index is 1390. The molecular weight excluding hydrogens is 482 g/mol. The van der Waals surface area contributed by atoms with Crippen LogP contribution in [0.15, 0.2) is 59.7 Å². The van der Waals surface area contributed by atoms with Gasteiger partial charge in [0.2, 0.25) is 11.7 Å². The molecule has 38 heavy (non-hydrogen) atoms. The third-order valence-electron chi connectivity index (χ3n) is 6.25. The molecule has 1 unspecified atom stereocenters. The van der Waals surface area contributed by atoms with Gasteiger partial charge in [0, 0.05) is 37.3 Å². The quantitative estimate of drug-likeness (QED) is 0.312.